The van der Waals surface area contributed by atoms with Gasteiger partial charge in [-0.3, -0.25) is 14.8 Å². The maximum Gasteiger partial charge on any atom is 0.290 e. The summed E-state index contributed by atoms with van der Waals surface area (Å²) in [4.78, 5) is 10.0. The van der Waals surface area contributed by atoms with E-state index in [9.17, 15) is 18.5 Å². The molecule has 1 N–H and O–H groups in total. The molecule has 0 aliphatic rings. The van der Waals surface area contributed by atoms with E-state index in [0.29, 0.717) is 15.7 Å². The summed E-state index contributed by atoms with van der Waals surface area (Å²) < 4.78 is 27.8. The highest BCUT2D eigenvalue weighted by atomic mass is 79.9. The van der Waals surface area contributed by atoms with Gasteiger partial charge in [0.25, 0.3) is 15.7 Å². The van der Waals surface area contributed by atoms with Crippen molar-refractivity contribution in [2.45, 2.75) is 11.8 Å². The quantitative estimate of drug-likeness (QED) is 0.658. The fraction of sp³-hybridized carbons (Fsp3) is 0.0769. The molecule has 8 heteroatoms. The van der Waals surface area contributed by atoms with Crippen molar-refractivity contribution < 1.29 is 13.3 Å². The van der Waals surface area contributed by atoms with Gasteiger partial charge in [-0.25, -0.2) is 8.42 Å². The molecule has 6 nitrogen and oxygen atoms in total. The lowest BCUT2D eigenvalue weighted by Gasteiger charge is -2.11. The van der Waals surface area contributed by atoms with Gasteiger partial charge in [0.15, 0.2) is 4.90 Å². The summed E-state index contributed by atoms with van der Waals surface area (Å²) in [5.41, 5.74) is 0.174. The Morgan fingerprint density at radius 3 is 2.43 bits per heavy atom. The van der Waals surface area contributed by atoms with Gasteiger partial charge in [-0.15, -0.1) is 0 Å². The number of nitrogens with zero attached hydrogens (tertiary/aromatic N) is 1. The molecule has 0 radical (unpaired) electrons. The van der Waals surface area contributed by atoms with Gasteiger partial charge >= 0.3 is 0 Å². The van der Waals surface area contributed by atoms with E-state index in [1.54, 1.807) is 24.3 Å². The molecule has 2 aromatic rings. The summed E-state index contributed by atoms with van der Waals surface area (Å²) in [7, 11) is -4.06. The second kappa shape index (κ2) is 5.82. The van der Waals surface area contributed by atoms with E-state index in [1.165, 1.54) is 25.1 Å². The van der Waals surface area contributed by atoms with E-state index in [1.807, 2.05) is 0 Å². The molecule has 0 aliphatic carbocycles. The van der Waals surface area contributed by atoms with Gasteiger partial charge in [0.05, 0.1) is 10.6 Å². The van der Waals surface area contributed by atoms with Crippen molar-refractivity contribution in [1.82, 2.24) is 0 Å². The molecular weight excluding hydrogens is 360 g/mol. The van der Waals surface area contributed by atoms with Crippen molar-refractivity contribution in [2.75, 3.05) is 4.72 Å². The molecular formula is C13H11BrN2O4S. The van der Waals surface area contributed by atoms with E-state index < -0.39 is 20.6 Å². The number of anilines is 1. The number of benzene rings is 2. The normalized spacial score (nSPS) is 11.1. The lowest BCUT2D eigenvalue weighted by molar-refractivity contribution is -0.387. The van der Waals surface area contributed by atoms with Gasteiger partial charge in [0.1, 0.15) is 0 Å². The number of hydrogen-bond donors (Lipinski definition) is 1. The van der Waals surface area contributed by atoms with Crippen LogP contribution in [0.1, 0.15) is 5.56 Å². The third-order valence-electron chi connectivity index (χ3n) is 2.77. The summed E-state index contributed by atoms with van der Waals surface area (Å²) in [6.07, 6.45) is 0. The summed E-state index contributed by atoms with van der Waals surface area (Å²) in [5.74, 6) is 0. The molecule has 110 valence electrons. The van der Waals surface area contributed by atoms with E-state index in [4.69, 9.17) is 0 Å². The highest BCUT2D eigenvalue weighted by Gasteiger charge is 2.28. The number of aryl methyl sites for hydroxylation is 1. The number of nitrogens with one attached hydrogen (secondary N) is 1. The Morgan fingerprint density at radius 1 is 1.14 bits per heavy atom. The van der Waals surface area contributed by atoms with Crippen molar-refractivity contribution in [3.8, 4) is 0 Å². The zero-order chi connectivity index (χ0) is 15.6. The molecule has 0 unspecified atom stereocenters. The number of rotatable bonds is 4. The van der Waals surface area contributed by atoms with Crippen molar-refractivity contribution in [1.29, 1.82) is 0 Å². The minimum Gasteiger partial charge on any atom is -0.278 e. The Balaban J connectivity index is 2.56. The van der Waals surface area contributed by atoms with Crippen LogP contribution in [0.4, 0.5) is 11.4 Å². The van der Waals surface area contributed by atoms with E-state index in [0.717, 1.165) is 0 Å². The van der Waals surface area contributed by atoms with Crippen LogP contribution < -0.4 is 4.72 Å². The SMILES string of the molecule is Cc1cccc([N+](=O)[O-])c1S(=O)(=O)Nc1ccccc1Br. The first-order chi connectivity index (χ1) is 9.83. The molecule has 0 aromatic heterocycles. The monoisotopic (exact) mass is 370 g/mol. The van der Waals surface area contributed by atoms with Crippen LogP contribution in [0.5, 0.6) is 0 Å². The Morgan fingerprint density at radius 2 is 1.81 bits per heavy atom. The topological polar surface area (TPSA) is 89.3 Å². The first-order valence-electron chi connectivity index (χ1n) is 5.84. The molecule has 2 aromatic carbocycles. The number of hydrogen-bond acceptors (Lipinski definition) is 4. The van der Waals surface area contributed by atoms with Gasteiger partial charge in [0, 0.05) is 10.5 Å². The number of sulfonamides is 1. The maximum atomic E-state index is 12.5. The molecule has 0 amide bonds. The molecule has 0 saturated heterocycles. The smallest absolute Gasteiger partial charge is 0.278 e. The van der Waals surface area contributed by atoms with Gasteiger partial charge in [-0.05, 0) is 40.5 Å². The van der Waals surface area contributed by atoms with Crippen LogP contribution in [-0.4, -0.2) is 13.3 Å². The second-order valence-corrected chi connectivity index (χ2v) is 6.74. The molecule has 0 heterocycles. The highest BCUT2D eigenvalue weighted by molar-refractivity contribution is 9.10. The maximum absolute atomic E-state index is 12.5. The van der Waals surface area contributed by atoms with Crippen molar-refractivity contribution >= 4 is 37.3 Å². The number of para-hydroxylation sites is 1. The first-order valence-corrected chi connectivity index (χ1v) is 8.12. The summed E-state index contributed by atoms with van der Waals surface area (Å²) in [6.45, 7) is 1.52. The fourth-order valence-corrected chi connectivity index (χ4v) is 3.86. The summed E-state index contributed by atoms with van der Waals surface area (Å²) >= 11 is 3.23. The molecule has 0 aliphatic heterocycles. The number of halogens is 1. The van der Waals surface area contributed by atoms with Crippen LogP contribution in [0.25, 0.3) is 0 Å². The molecule has 0 fully saturated rings. The number of nitro groups is 1. The van der Waals surface area contributed by atoms with Crippen molar-refractivity contribution in [2.24, 2.45) is 0 Å². The van der Waals surface area contributed by atoms with Crippen LogP contribution in [0.2, 0.25) is 0 Å². The molecule has 21 heavy (non-hydrogen) atoms. The Kier molecular flexibility index (Phi) is 4.29. The van der Waals surface area contributed by atoms with Crippen LogP contribution >= 0.6 is 15.9 Å². The van der Waals surface area contributed by atoms with E-state index >= 15 is 0 Å². The largest absolute Gasteiger partial charge is 0.290 e. The van der Waals surface area contributed by atoms with E-state index in [2.05, 4.69) is 20.7 Å². The third-order valence-corrected chi connectivity index (χ3v) is 5.02. The average Bonchev–Trinajstić information content (AvgIpc) is 2.40. The lowest BCUT2D eigenvalue weighted by Crippen LogP contribution is -2.16. The minimum atomic E-state index is -4.06. The van der Waals surface area contributed by atoms with Gasteiger partial charge in [-0.1, -0.05) is 24.3 Å². The number of nitro benzene ring substituents is 1. The average molecular weight is 371 g/mol. The predicted molar refractivity (Wildman–Crippen MR) is 82.8 cm³/mol. The molecule has 2 rings (SSSR count). The van der Waals surface area contributed by atoms with Gasteiger partial charge in [-0.2, -0.15) is 0 Å². The standard InChI is InChI=1S/C13H11BrN2O4S/c1-9-5-4-8-12(16(17)18)13(9)21(19,20)15-11-7-3-2-6-10(11)14/h2-8,15H,1H3. The lowest BCUT2D eigenvalue weighted by atomic mass is 10.2. The highest BCUT2D eigenvalue weighted by Crippen LogP contribution is 2.30. The Labute approximate surface area is 130 Å². The fourth-order valence-electron chi connectivity index (χ4n) is 1.87. The summed E-state index contributed by atoms with van der Waals surface area (Å²) in [5, 5.41) is 11.0. The Hall–Kier alpha value is -1.93. The minimum absolute atomic E-state index is 0.309. The molecule has 0 bridgehead atoms. The molecule has 0 atom stereocenters. The van der Waals surface area contributed by atoms with E-state index in [-0.39, 0.29) is 4.90 Å². The third kappa shape index (κ3) is 3.22. The van der Waals surface area contributed by atoms with Crippen LogP contribution in [0.15, 0.2) is 51.8 Å². The first kappa shape index (κ1) is 15.5. The Bertz CT molecular complexity index is 806. The summed E-state index contributed by atoms with van der Waals surface area (Å²) in [6, 6.07) is 10.8. The van der Waals surface area contributed by atoms with Gasteiger partial charge in [0.2, 0.25) is 0 Å². The second-order valence-electron chi connectivity index (χ2n) is 4.27. The van der Waals surface area contributed by atoms with Crippen LogP contribution in [-0.2, 0) is 10.0 Å². The van der Waals surface area contributed by atoms with Gasteiger partial charge < -0.3 is 0 Å². The predicted octanol–water partition coefficient (Wildman–Crippen LogP) is 3.47. The zero-order valence-corrected chi connectivity index (χ0v) is 13.3. The van der Waals surface area contributed by atoms with Crippen molar-refractivity contribution in [3.05, 3.63) is 62.6 Å². The zero-order valence-electron chi connectivity index (χ0n) is 10.9. The van der Waals surface area contributed by atoms with Crippen LogP contribution in [0, 0.1) is 17.0 Å². The van der Waals surface area contributed by atoms with Crippen molar-refractivity contribution in [3.63, 3.8) is 0 Å². The molecule has 0 saturated carbocycles. The van der Waals surface area contributed by atoms with Crippen LogP contribution in [0.3, 0.4) is 0 Å². The molecule has 0 spiro atoms.